The molecule has 1 fully saturated rings. The molecule has 0 aliphatic carbocycles. The maximum Gasteiger partial charge on any atom is 0.226 e. The van der Waals surface area contributed by atoms with Gasteiger partial charge in [0.25, 0.3) is 0 Å². The number of likely N-dealkylation sites (tertiary alicyclic amines) is 1. The molecular formula is C12H21N3O2. The van der Waals surface area contributed by atoms with Gasteiger partial charge in [-0.05, 0) is 38.4 Å². The van der Waals surface area contributed by atoms with Crippen molar-refractivity contribution in [2.75, 3.05) is 26.2 Å². The molecule has 1 aliphatic heterocycles. The van der Waals surface area contributed by atoms with Crippen LogP contribution < -0.4 is 0 Å². The van der Waals surface area contributed by atoms with Crippen LogP contribution >= 0.6 is 0 Å². The molecule has 0 atom stereocenters. The minimum atomic E-state index is 0.0772. The summed E-state index contributed by atoms with van der Waals surface area (Å²) >= 11 is 0. The maximum absolute atomic E-state index is 8.78. The summed E-state index contributed by atoms with van der Waals surface area (Å²) in [5, 5.41) is 12.6. The second kappa shape index (κ2) is 6.12. The topological polar surface area (TPSA) is 62.4 Å². The van der Waals surface area contributed by atoms with Crippen LogP contribution in [0.3, 0.4) is 0 Å². The van der Waals surface area contributed by atoms with Crippen LogP contribution in [-0.2, 0) is 12.8 Å². The normalized spacial score (nSPS) is 18.7. The van der Waals surface area contributed by atoms with Gasteiger partial charge in [0.2, 0.25) is 5.89 Å². The van der Waals surface area contributed by atoms with E-state index in [1.165, 1.54) is 25.9 Å². The number of hydrogen-bond donors (Lipinski definition) is 1. The van der Waals surface area contributed by atoms with E-state index in [2.05, 4.69) is 22.0 Å². The molecule has 1 aromatic rings. The lowest BCUT2D eigenvalue weighted by Gasteiger charge is -2.30. The Morgan fingerprint density at radius 1 is 1.41 bits per heavy atom. The lowest BCUT2D eigenvalue weighted by atomic mass is 9.93. The van der Waals surface area contributed by atoms with Crippen LogP contribution in [0.2, 0.25) is 0 Å². The van der Waals surface area contributed by atoms with Crippen molar-refractivity contribution in [3.63, 3.8) is 0 Å². The quantitative estimate of drug-likeness (QED) is 0.826. The molecule has 0 saturated carbocycles. The van der Waals surface area contributed by atoms with Gasteiger partial charge in [0.1, 0.15) is 0 Å². The van der Waals surface area contributed by atoms with Crippen LogP contribution in [0.25, 0.3) is 0 Å². The molecule has 96 valence electrons. The van der Waals surface area contributed by atoms with E-state index < -0.39 is 0 Å². The van der Waals surface area contributed by atoms with Crippen molar-refractivity contribution in [1.82, 2.24) is 15.0 Å². The minimum absolute atomic E-state index is 0.0772. The Bertz CT molecular complexity index is 332. The van der Waals surface area contributed by atoms with E-state index in [0.717, 1.165) is 18.9 Å². The fraction of sp³-hybridized carbons (Fsp3) is 0.833. The number of aliphatic hydroxyl groups is 1. The summed E-state index contributed by atoms with van der Waals surface area (Å²) in [5.41, 5.74) is 0. The van der Waals surface area contributed by atoms with Gasteiger partial charge in [0.05, 0.1) is 6.61 Å². The number of piperidine rings is 1. The Kier molecular flexibility index (Phi) is 4.50. The Morgan fingerprint density at radius 3 is 2.82 bits per heavy atom. The zero-order valence-corrected chi connectivity index (χ0v) is 10.4. The van der Waals surface area contributed by atoms with Crippen molar-refractivity contribution in [1.29, 1.82) is 0 Å². The summed E-state index contributed by atoms with van der Waals surface area (Å²) in [6.07, 6.45) is 3.80. The number of hydrogen-bond acceptors (Lipinski definition) is 5. The highest BCUT2D eigenvalue weighted by Crippen LogP contribution is 2.20. The first-order chi connectivity index (χ1) is 8.31. The number of nitrogens with zero attached hydrogens (tertiary/aromatic N) is 3. The van der Waals surface area contributed by atoms with E-state index in [9.17, 15) is 0 Å². The Hall–Kier alpha value is -0.940. The fourth-order valence-corrected chi connectivity index (χ4v) is 2.33. The minimum Gasteiger partial charge on any atom is -0.396 e. The second-order valence-electron chi connectivity index (χ2n) is 4.66. The molecule has 0 unspecified atom stereocenters. The van der Waals surface area contributed by atoms with Crippen LogP contribution in [0.15, 0.2) is 4.52 Å². The largest absolute Gasteiger partial charge is 0.396 e. The first-order valence-corrected chi connectivity index (χ1v) is 6.46. The van der Waals surface area contributed by atoms with Crippen molar-refractivity contribution in [2.45, 2.75) is 32.6 Å². The van der Waals surface area contributed by atoms with Crippen LogP contribution in [0.4, 0.5) is 0 Å². The monoisotopic (exact) mass is 239 g/mol. The molecule has 2 heterocycles. The Labute approximate surface area is 102 Å². The SMILES string of the molecule is CCN1CCC(Cc2nc(CCO)no2)CC1. The van der Waals surface area contributed by atoms with Gasteiger partial charge in [-0.1, -0.05) is 12.1 Å². The van der Waals surface area contributed by atoms with E-state index >= 15 is 0 Å². The average Bonchev–Trinajstić information content (AvgIpc) is 2.78. The molecule has 2 rings (SSSR count). The molecule has 17 heavy (non-hydrogen) atoms. The zero-order valence-electron chi connectivity index (χ0n) is 10.4. The van der Waals surface area contributed by atoms with Gasteiger partial charge >= 0.3 is 0 Å². The molecule has 1 aromatic heterocycles. The smallest absolute Gasteiger partial charge is 0.226 e. The maximum atomic E-state index is 8.78. The Balaban J connectivity index is 1.80. The number of aliphatic hydroxyl groups excluding tert-OH is 1. The van der Waals surface area contributed by atoms with Gasteiger partial charge in [-0.25, -0.2) is 0 Å². The molecule has 0 radical (unpaired) electrons. The molecular weight excluding hydrogens is 218 g/mol. The fourth-order valence-electron chi connectivity index (χ4n) is 2.33. The summed E-state index contributed by atoms with van der Waals surface area (Å²) in [5.74, 6) is 2.01. The van der Waals surface area contributed by atoms with E-state index in [-0.39, 0.29) is 6.61 Å². The zero-order chi connectivity index (χ0) is 12.1. The first-order valence-electron chi connectivity index (χ1n) is 6.46. The summed E-state index contributed by atoms with van der Waals surface area (Å²) in [6.45, 7) is 5.79. The van der Waals surface area contributed by atoms with Crippen LogP contribution in [0.1, 0.15) is 31.5 Å². The van der Waals surface area contributed by atoms with E-state index in [1.54, 1.807) is 0 Å². The first kappa shape index (κ1) is 12.5. The van der Waals surface area contributed by atoms with E-state index in [0.29, 0.717) is 18.2 Å². The molecule has 0 aromatic carbocycles. The van der Waals surface area contributed by atoms with Crippen molar-refractivity contribution in [2.24, 2.45) is 5.92 Å². The van der Waals surface area contributed by atoms with Crippen molar-refractivity contribution in [3.05, 3.63) is 11.7 Å². The summed E-state index contributed by atoms with van der Waals surface area (Å²) < 4.78 is 5.19. The molecule has 0 bridgehead atoms. The molecule has 1 saturated heterocycles. The van der Waals surface area contributed by atoms with Gasteiger partial charge in [-0.15, -0.1) is 0 Å². The van der Waals surface area contributed by atoms with E-state index in [4.69, 9.17) is 9.63 Å². The molecule has 1 aliphatic rings. The van der Waals surface area contributed by atoms with Gasteiger partial charge in [-0.2, -0.15) is 4.98 Å². The lowest BCUT2D eigenvalue weighted by molar-refractivity contribution is 0.185. The third-order valence-corrected chi connectivity index (χ3v) is 3.46. The highest BCUT2D eigenvalue weighted by Gasteiger charge is 2.20. The summed E-state index contributed by atoms with van der Waals surface area (Å²) in [6, 6.07) is 0. The summed E-state index contributed by atoms with van der Waals surface area (Å²) in [7, 11) is 0. The molecule has 1 N–H and O–H groups in total. The van der Waals surface area contributed by atoms with Gasteiger partial charge in [0.15, 0.2) is 5.82 Å². The van der Waals surface area contributed by atoms with Crippen LogP contribution in [0, 0.1) is 5.92 Å². The van der Waals surface area contributed by atoms with Crippen molar-refractivity contribution < 1.29 is 9.63 Å². The number of rotatable bonds is 5. The lowest BCUT2D eigenvalue weighted by Crippen LogP contribution is -2.34. The predicted octanol–water partition coefficient (Wildman–Crippen LogP) is 0.879. The third kappa shape index (κ3) is 3.51. The average molecular weight is 239 g/mol. The van der Waals surface area contributed by atoms with Crippen LogP contribution in [-0.4, -0.2) is 46.4 Å². The summed E-state index contributed by atoms with van der Waals surface area (Å²) in [4.78, 5) is 6.76. The van der Waals surface area contributed by atoms with Gasteiger partial charge < -0.3 is 14.5 Å². The molecule has 5 heteroatoms. The standard InChI is InChI=1S/C12H21N3O2/c1-2-15-6-3-10(4-7-15)9-12-13-11(5-8-16)14-17-12/h10,16H,2-9H2,1H3. The second-order valence-corrected chi connectivity index (χ2v) is 4.66. The number of aromatic nitrogens is 2. The molecule has 0 amide bonds. The van der Waals surface area contributed by atoms with Crippen molar-refractivity contribution >= 4 is 0 Å². The molecule has 0 spiro atoms. The highest BCUT2D eigenvalue weighted by molar-refractivity contribution is 4.89. The van der Waals surface area contributed by atoms with Gasteiger partial charge in [-0.3, -0.25) is 0 Å². The third-order valence-electron chi connectivity index (χ3n) is 3.46. The Morgan fingerprint density at radius 2 is 2.18 bits per heavy atom. The van der Waals surface area contributed by atoms with E-state index in [1.807, 2.05) is 0 Å². The van der Waals surface area contributed by atoms with Crippen LogP contribution in [0.5, 0.6) is 0 Å². The van der Waals surface area contributed by atoms with Gasteiger partial charge in [0, 0.05) is 12.8 Å². The highest BCUT2D eigenvalue weighted by atomic mass is 16.5. The van der Waals surface area contributed by atoms with Crippen molar-refractivity contribution in [3.8, 4) is 0 Å². The molecule has 5 nitrogen and oxygen atoms in total. The predicted molar refractivity (Wildman–Crippen MR) is 63.6 cm³/mol.